The summed E-state index contributed by atoms with van der Waals surface area (Å²) in [5.74, 6) is 0.193. The Hall–Kier alpha value is -2.86. The summed E-state index contributed by atoms with van der Waals surface area (Å²) in [6.45, 7) is 1.95. The van der Waals surface area contributed by atoms with Gasteiger partial charge in [-0.25, -0.2) is 12.8 Å². The second-order valence-corrected chi connectivity index (χ2v) is 7.50. The predicted octanol–water partition coefficient (Wildman–Crippen LogP) is 4.51. The number of anilines is 1. The van der Waals surface area contributed by atoms with E-state index < -0.39 is 15.8 Å². The zero-order valence-corrected chi connectivity index (χ0v) is 15.0. The molecule has 134 valence electrons. The molecule has 3 aromatic rings. The molecule has 6 heteroatoms. The van der Waals surface area contributed by atoms with Gasteiger partial charge in [-0.1, -0.05) is 30.3 Å². The van der Waals surface area contributed by atoms with Crippen molar-refractivity contribution >= 4 is 15.7 Å². The molecule has 1 N–H and O–H groups in total. The van der Waals surface area contributed by atoms with E-state index in [2.05, 4.69) is 4.72 Å². The number of halogens is 1. The van der Waals surface area contributed by atoms with Gasteiger partial charge >= 0.3 is 0 Å². The van der Waals surface area contributed by atoms with E-state index in [-0.39, 0.29) is 10.5 Å². The minimum atomic E-state index is -3.78. The number of hydrogen-bond acceptors (Lipinski definition) is 3. The predicted molar refractivity (Wildman–Crippen MR) is 99.2 cm³/mol. The summed E-state index contributed by atoms with van der Waals surface area (Å²) in [7, 11) is -3.78. The lowest BCUT2D eigenvalue weighted by molar-refractivity contribution is 0.306. The van der Waals surface area contributed by atoms with Crippen molar-refractivity contribution in [2.75, 3.05) is 4.72 Å². The minimum absolute atomic E-state index is 0.0146. The maximum atomic E-state index is 13.3. The van der Waals surface area contributed by atoms with E-state index in [1.54, 1.807) is 24.3 Å². The molecule has 4 nitrogen and oxygen atoms in total. The van der Waals surface area contributed by atoms with Gasteiger partial charge < -0.3 is 4.74 Å². The minimum Gasteiger partial charge on any atom is -0.489 e. The molecule has 0 heterocycles. The molecule has 0 radical (unpaired) electrons. The summed E-state index contributed by atoms with van der Waals surface area (Å²) in [5, 5.41) is 0. The quantitative estimate of drug-likeness (QED) is 0.693. The summed E-state index contributed by atoms with van der Waals surface area (Å²) in [4.78, 5) is 0.0146. The summed E-state index contributed by atoms with van der Waals surface area (Å²) in [6.07, 6.45) is 0. The van der Waals surface area contributed by atoms with E-state index in [9.17, 15) is 12.8 Å². The SMILES string of the molecule is Cc1cc(S(=O)(=O)Nc2ccc(OCc3ccccc3)cc2)ccc1F. The van der Waals surface area contributed by atoms with Crippen LogP contribution in [0.1, 0.15) is 11.1 Å². The number of nitrogens with one attached hydrogen (secondary N) is 1. The molecule has 0 amide bonds. The molecule has 0 saturated carbocycles. The molecule has 0 aliphatic carbocycles. The molecule has 3 aromatic carbocycles. The molecule has 0 saturated heterocycles. The lowest BCUT2D eigenvalue weighted by Crippen LogP contribution is -2.13. The topological polar surface area (TPSA) is 55.4 Å². The van der Waals surface area contributed by atoms with Crippen LogP contribution in [0, 0.1) is 12.7 Å². The second kappa shape index (κ2) is 7.58. The second-order valence-electron chi connectivity index (χ2n) is 5.82. The van der Waals surface area contributed by atoms with Gasteiger partial charge in [0.05, 0.1) is 4.90 Å². The summed E-state index contributed by atoms with van der Waals surface area (Å²) in [6, 6.07) is 20.0. The Morgan fingerprint density at radius 3 is 2.31 bits per heavy atom. The highest BCUT2D eigenvalue weighted by Crippen LogP contribution is 2.21. The number of ether oxygens (including phenoxy) is 1. The van der Waals surface area contributed by atoms with Gasteiger partial charge in [-0.3, -0.25) is 4.72 Å². The number of sulfonamides is 1. The molecule has 0 bridgehead atoms. The van der Waals surface area contributed by atoms with E-state index in [0.717, 1.165) is 11.6 Å². The first-order valence-corrected chi connectivity index (χ1v) is 9.48. The van der Waals surface area contributed by atoms with Gasteiger partial charge in [-0.2, -0.15) is 0 Å². The van der Waals surface area contributed by atoms with Gasteiger partial charge in [0, 0.05) is 5.69 Å². The Kier molecular flexibility index (Phi) is 5.23. The van der Waals surface area contributed by atoms with Crippen LogP contribution in [0.5, 0.6) is 5.75 Å². The summed E-state index contributed by atoms with van der Waals surface area (Å²) in [5.41, 5.74) is 1.72. The van der Waals surface area contributed by atoms with Crippen LogP contribution < -0.4 is 9.46 Å². The number of hydrogen-bond donors (Lipinski definition) is 1. The maximum absolute atomic E-state index is 13.3. The first-order chi connectivity index (χ1) is 12.4. The van der Waals surface area contributed by atoms with Crippen LogP contribution in [0.25, 0.3) is 0 Å². The van der Waals surface area contributed by atoms with E-state index in [1.165, 1.54) is 19.1 Å². The van der Waals surface area contributed by atoms with Crippen LogP contribution >= 0.6 is 0 Å². The van der Waals surface area contributed by atoms with Crippen LogP contribution in [-0.2, 0) is 16.6 Å². The molecule has 0 aliphatic heterocycles. The number of benzene rings is 3. The molecule has 0 atom stereocenters. The zero-order valence-electron chi connectivity index (χ0n) is 14.1. The summed E-state index contributed by atoms with van der Waals surface area (Å²) < 4.78 is 46.3. The molecule has 26 heavy (non-hydrogen) atoms. The molecule has 0 aliphatic rings. The highest BCUT2D eigenvalue weighted by atomic mass is 32.2. The molecular formula is C20H18FNO3S. The fraction of sp³-hybridized carbons (Fsp3) is 0.100. The highest BCUT2D eigenvalue weighted by molar-refractivity contribution is 7.92. The van der Waals surface area contributed by atoms with Crippen LogP contribution in [-0.4, -0.2) is 8.42 Å². The number of rotatable bonds is 6. The smallest absolute Gasteiger partial charge is 0.261 e. The standard InChI is InChI=1S/C20H18FNO3S/c1-15-13-19(11-12-20(15)21)26(23,24)22-17-7-9-18(10-8-17)25-14-16-5-3-2-4-6-16/h2-13,22H,14H2,1H3. The molecule has 0 fully saturated rings. The Balaban J connectivity index is 1.67. The Labute approximate surface area is 152 Å². The fourth-order valence-electron chi connectivity index (χ4n) is 2.36. The fourth-order valence-corrected chi connectivity index (χ4v) is 3.50. The van der Waals surface area contributed by atoms with Gasteiger partial charge in [-0.05, 0) is 60.5 Å². The average Bonchev–Trinajstić information content (AvgIpc) is 2.64. The third-order valence-electron chi connectivity index (χ3n) is 3.79. The Bertz CT molecular complexity index is 987. The van der Waals surface area contributed by atoms with E-state index >= 15 is 0 Å². The van der Waals surface area contributed by atoms with Gasteiger partial charge in [0.25, 0.3) is 10.0 Å². The molecule has 0 spiro atoms. The van der Waals surface area contributed by atoms with Crippen molar-refractivity contribution in [1.29, 1.82) is 0 Å². The maximum Gasteiger partial charge on any atom is 0.261 e. The molecular weight excluding hydrogens is 353 g/mol. The van der Waals surface area contributed by atoms with Gasteiger partial charge in [-0.15, -0.1) is 0 Å². The number of aryl methyl sites for hydroxylation is 1. The first-order valence-electron chi connectivity index (χ1n) is 8.00. The average molecular weight is 371 g/mol. The van der Waals surface area contributed by atoms with E-state index in [1.807, 2.05) is 30.3 Å². The lowest BCUT2D eigenvalue weighted by atomic mass is 10.2. The van der Waals surface area contributed by atoms with Crippen molar-refractivity contribution in [1.82, 2.24) is 0 Å². The van der Waals surface area contributed by atoms with Crippen molar-refractivity contribution in [3.8, 4) is 5.75 Å². The van der Waals surface area contributed by atoms with Crippen LogP contribution in [0.3, 0.4) is 0 Å². The summed E-state index contributed by atoms with van der Waals surface area (Å²) >= 11 is 0. The largest absolute Gasteiger partial charge is 0.489 e. The monoisotopic (exact) mass is 371 g/mol. The van der Waals surface area contributed by atoms with Crippen LogP contribution in [0.4, 0.5) is 10.1 Å². The Morgan fingerprint density at radius 2 is 1.65 bits per heavy atom. The van der Waals surface area contributed by atoms with E-state index in [4.69, 9.17) is 4.74 Å². The van der Waals surface area contributed by atoms with Crippen molar-refractivity contribution < 1.29 is 17.5 Å². The lowest BCUT2D eigenvalue weighted by Gasteiger charge is -2.10. The van der Waals surface area contributed by atoms with Gasteiger partial charge in [0.2, 0.25) is 0 Å². The van der Waals surface area contributed by atoms with Crippen molar-refractivity contribution in [2.45, 2.75) is 18.4 Å². The molecule has 0 unspecified atom stereocenters. The molecule has 0 aromatic heterocycles. The first kappa shape index (κ1) is 17.9. The van der Waals surface area contributed by atoms with Crippen molar-refractivity contribution in [3.05, 3.63) is 89.7 Å². The molecule has 3 rings (SSSR count). The van der Waals surface area contributed by atoms with Crippen LogP contribution in [0.2, 0.25) is 0 Å². The third kappa shape index (κ3) is 4.40. The highest BCUT2D eigenvalue weighted by Gasteiger charge is 2.15. The Morgan fingerprint density at radius 1 is 0.962 bits per heavy atom. The van der Waals surface area contributed by atoms with Gasteiger partial charge in [0.15, 0.2) is 0 Å². The zero-order chi connectivity index (χ0) is 18.6. The van der Waals surface area contributed by atoms with Gasteiger partial charge in [0.1, 0.15) is 18.2 Å². The van der Waals surface area contributed by atoms with E-state index in [0.29, 0.717) is 18.0 Å². The third-order valence-corrected chi connectivity index (χ3v) is 5.17. The normalized spacial score (nSPS) is 11.2. The van der Waals surface area contributed by atoms with Crippen molar-refractivity contribution in [2.24, 2.45) is 0 Å². The van der Waals surface area contributed by atoms with Crippen LogP contribution in [0.15, 0.2) is 77.7 Å². The van der Waals surface area contributed by atoms with Crippen molar-refractivity contribution in [3.63, 3.8) is 0 Å².